The fourth-order valence-corrected chi connectivity index (χ4v) is 4.54. The van der Waals surface area contributed by atoms with E-state index < -0.39 is 21.5 Å². The molecule has 0 aliphatic heterocycles. The third-order valence-corrected chi connectivity index (χ3v) is 6.77. The van der Waals surface area contributed by atoms with Crippen molar-refractivity contribution in [1.29, 1.82) is 0 Å². The van der Waals surface area contributed by atoms with Crippen molar-refractivity contribution in [2.75, 3.05) is 23.9 Å². The summed E-state index contributed by atoms with van der Waals surface area (Å²) in [7, 11) is -3.21. The van der Waals surface area contributed by atoms with Crippen molar-refractivity contribution in [3.05, 3.63) is 52.9 Å². The lowest BCUT2D eigenvalue weighted by molar-refractivity contribution is 0.0524. The van der Waals surface area contributed by atoms with Crippen LogP contribution in [0, 0.1) is 0 Å². The number of nitrogens with two attached hydrogens (primary N) is 1. The van der Waals surface area contributed by atoms with Crippen molar-refractivity contribution in [2.24, 2.45) is 0 Å². The molecule has 0 aliphatic rings. The van der Waals surface area contributed by atoms with Crippen LogP contribution in [0.1, 0.15) is 31.2 Å². The number of hydrogen-bond acceptors (Lipinski definition) is 9. The number of benzene rings is 1. The van der Waals surface area contributed by atoms with Crippen LogP contribution in [-0.4, -0.2) is 42.9 Å². The van der Waals surface area contributed by atoms with Gasteiger partial charge in [-0.05, 0) is 57.0 Å². The molecule has 9 nitrogen and oxygen atoms in total. The molecule has 11 heteroatoms. The van der Waals surface area contributed by atoms with E-state index in [1.807, 2.05) is 39.0 Å². The molecule has 4 N–H and O–H groups in total. The molecular formula is C23H29N5O4S2. The molecule has 0 saturated heterocycles. The molecule has 0 aliphatic carbocycles. The van der Waals surface area contributed by atoms with Gasteiger partial charge in [0.25, 0.3) is 0 Å². The van der Waals surface area contributed by atoms with E-state index >= 15 is 0 Å². The Morgan fingerprint density at radius 3 is 2.47 bits per heavy atom. The van der Waals surface area contributed by atoms with E-state index in [9.17, 15) is 13.2 Å². The fourth-order valence-electron chi connectivity index (χ4n) is 3.00. The zero-order valence-corrected chi connectivity index (χ0v) is 21.2. The van der Waals surface area contributed by atoms with E-state index in [1.165, 1.54) is 17.6 Å². The highest BCUT2D eigenvalue weighted by Crippen LogP contribution is 2.28. The first-order chi connectivity index (χ1) is 15.9. The number of nitrogens with one attached hydrogen (secondary N) is 2. The Balaban J connectivity index is 1.59. The average Bonchev–Trinajstić information content (AvgIpc) is 3.20. The predicted molar refractivity (Wildman–Crippen MR) is 135 cm³/mol. The van der Waals surface area contributed by atoms with Gasteiger partial charge >= 0.3 is 6.09 Å². The van der Waals surface area contributed by atoms with Crippen molar-refractivity contribution < 1.29 is 17.9 Å². The topological polar surface area (TPSA) is 136 Å². The van der Waals surface area contributed by atoms with Crippen molar-refractivity contribution in [3.8, 4) is 10.6 Å². The van der Waals surface area contributed by atoms with Gasteiger partial charge < -0.3 is 21.1 Å². The van der Waals surface area contributed by atoms with E-state index in [4.69, 9.17) is 10.5 Å². The van der Waals surface area contributed by atoms with Gasteiger partial charge in [-0.1, -0.05) is 12.1 Å². The van der Waals surface area contributed by atoms with Gasteiger partial charge in [0, 0.05) is 23.7 Å². The third-order valence-electron chi connectivity index (χ3n) is 4.53. The maximum atomic E-state index is 11.9. The number of hydrogen-bond donors (Lipinski definition) is 3. The normalized spacial score (nSPS) is 11.8. The molecule has 0 atom stereocenters. The number of anilines is 2. The van der Waals surface area contributed by atoms with Gasteiger partial charge in [-0.25, -0.2) is 18.2 Å². The van der Waals surface area contributed by atoms with Crippen LogP contribution >= 0.6 is 11.3 Å². The van der Waals surface area contributed by atoms with Gasteiger partial charge in [-0.3, -0.25) is 0 Å². The summed E-state index contributed by atoms with van der Waals surface area (Å²) in [5.74, 6) is 0.747. The lowest BCUT2D eigenvalue weighted by Gasteiger charge is -2.19. The monoisotopic (exact) mass is 503 g/mol. The third kappa shape index (κ3) is 7.70. The molecule has 0 fully saturated rings. The summed E-state index contributed by atoms with van der Waals surface area (Å²) in [4.78, 5) is 22.6. The molecule has 34 heavy (non-hydrogen) atoms. The Morgan fingerprint density at radius 1 is 1.12 bits per heavy atom. The second-order valence-corrected chi connectivity index (χ2v) is 11.9. The number of carbonyl (C=O) groups is 1. The van der Waals surface area contributed by atoms with Gasteiger partial charge in [0.1, 0.15) is 11.4 Å². The highest BCUT2D eigenvalue weighted by Gasteiger charge is 2.16. The first-order valence-corrected chi connectivity index (χ1v) is 13.3. The second kappa shape index (κ2) is 10.4. The quantitative estimate of drug-likeness (QED) is 0.421. The van der Waals surface area contributed by atoms with Crippen LogP contribution in [0.15, 0.2) is 47.4 Å². The van der Waals surface area contributed by atoms with Crippen LogP contribution in [0.2, 0.25) is 0 Å². The Kier molecular flexibility index (Phi) is 7.78. The Morgan fingerprint density at radius 2 is 1.82 bits per heavy atom. The Labute approximate surface area is 203 Å². The van der Waals surface area contributed by atoms with E-state index in [1.54, 1.807) is 24.3 Å². The molecule has 3 rings (SSSR count). The van der Waals surface area contributed by atoms with Crippen molar-refractivity contribution in [2.45, 2.75) is 44.2 Å². The molecule has 0 radical (unpaired) electrons. The van der Waals surface area contributed by atoms with Gasteiger partial charge in [0.05, 0.1) is 22.0 Å². The number of nitrogens with zero attached hydrogens (tertiary/aromatic N) is 2. The molecule has 1 aromatic carbocycles. The van der Waals surface area contributed by atoms with Crippen LogP contribution in [0.3, 0.4) is 0 Å². The summed E-state index contributed by atoms with van der Waals surface area (Å²) in [5, 5.41) is 5.98. The zero-order valence-electron chi connectivity index (χ0n) is 19.6. The molecular weight excluding hydrogens is 474 g/mol. The van der Waals surface area contributed by atoms with E-state index in [-0.39, 0.29) is 5.95 Å². The molecule has 182 valence electrons. The maximum Gasteiger partial charge on any atom is 0.407 e. The number of thiophene rings is 1. The summed E-state index contributed by atoms with van der Waals surface area (Å²) in [5.41, 5.74) is 7.05. The smallest absolute Gasteiger partial charge is 0.407 e. The molecule has 0 saturated carbocycles. The summed E-state index contributed by atoms with van der Waals surface area (Å²) < 4.78 is 28.4. The lowest BCUT2D eigenvalue weighted by Crippen LogP contribution is -2.31. The van der Waals surface area contributed by atoms with E-state index in [2.05, 4.69) is 20.6 Å². The highest BCUT2D eigenvalue weighted by atomic mass is 32.2. The zero-order chi connectivity index (χ0) is 24.9. The lowest BCUT2D eigenvalue weighted by atomic mass is 10.1. The maximum absolute atomic E-state index is 11.9. The predicted octanol–water partition coefficient (Wildman–Crippen LogP) is 3.87. The summed E-state index contributed by atoms with van der Waals surface area (Å²) in [6.45, 7) is 6.38. The number of rotatable bonds is 8. The van der Waals surface area contributed by atoms with Crippen LogP contribution < -0.4 is 16.4 Å². The second-order valence-electron chi connectivity index (χ2n) is 8.71. The molecule has 0 bridgehead atoms. The number of sulfone groups is 1. The highest BCUT2D eigenvalue weighted by molar-refractivity contribution is 7.90. The van der Waals surface area contributed by atoms with E-state index in [0.29, 0.717) is 35.9 Å². The average molecular weight is 504 g/mol. The molecule has 2 heterocycles. The minimum Gasteiger partial charge on any atom is -0.444 e. The number of ether oxygens (including phenoxy) is 1. The van der Waals surface area contributed by atoms with Gasteiger partial charge in [0.2, 0.25) is 5.95 Å². The molecule has 0 spiro atoms. The van der Waals surface area contributed by atoms with Crippen LogP contribution in [0.25, 0.3) is 10.6 Å². The summed E-state index contributed by atoms with van der Waals surface area (Å²) in [6, 6.07) is 12.5. The van der Waals surface area contributed by atoms with Crippen molar-refractivity contribution >= 4 is 39.0 Å². The van der Waals surface area contributed by atoms with Crippen molar-refractivity contribution in [1.82, 2.24) is 15.3 Å². The number of aromatic nitrogens is 2. The molecule has 1 amide bonds. The summed E-state index contributed by atoms with van der Waals surface area (Å²) in [6.07, 6.45) is 1.41. The van der Waals surface area contributed by atoms with Gasteiger partial charge in [-0.15, -0.1) is 11.3 Å². The van der Waals surface area contributed by atoms with Gasteiger partial charge in [0.15, 0.2) is 9.84 Å². The van der Waals surface area contributed by atoms with E-state index in [0.717, 1.165) is 15.3 Å². The molecule has 0 unspecified atom stereocenters. The van der Waals surface area contributed by atoms with Crippen LogP contribution in [-0.2, 0) is 27.5 Å². The first kappa shape index (κ1) is 25.4. The first-order valence-electron chi connectivity index (χ1n) is 10.6. The standard InChI is InChI=1S/C23H29N5O4S2/c1-23(2,3)32-22(29)26-14-16-7-10-19(33-16)18-13-20(28-21(24)27-18)25-12-11-15-5-8-17(9-6-15)34(4,30)31/h5-10,13H,11-12,14H2,1-4H3,(H,26,29)(H3,24,25,27,28). The Hall–Kier alpha value is -3.18. The summed E-state index contributed by atoms with van der Waals surface area (Å²) >= 11 is 1.49. The van der Waals surface area contributed by atoms with Crippen LogP contribution in [0.5, 0.6) is 0 Å². The number of nitrogen functional groups attached to an aromatic ring is 1. The number of amides is 1. The Bertz CT molecular complexity index is 1250. The fraction of sp³-hybridized carbons (Fsp3) is 0.348. The number of alkyl carbamates (subject to hydrolysis) is 1. The van der Waals surface area contributed by atoms with Gasteiger partial charge in [-0.2, -0.15) is 4.98 Å². The minimum atomic E-state index is -3.21. The molecule has 3 aromatic rings. The molecule has 2 aromatic heterocycles. The number of carbonyl (C=O) groups excluding carboxylic acids is 1. The largest absolute Gasteiger partial charge is 0.444 e. The minimum absolute atomic E-state index is 0.152. The SMILES string of the molecule is CC(C)(C)OC(=O)NCc1ccc(-c2cc(NCCc3ccc(S(C)(=O)=O)cc3)nc(N)n2)s1. The van der Waals surface area contributed by atoms with Crippen LogP contribution in [0.4, 0.5) is 16.6 Å². The van der Waals surface area contributed by atoms with Crippen molar-refractivity contribution in [3.63, 3.8) is 0 Å².